The summed E-state index contributed by atoms with van der Waals surface area (Å²) in [5, 5.41) is 2.92. The molecule has 0 aliphatic rings. The predicted molar refractivity (Wildman–Crippen MR) is 78.5 cm³/mol. The normalized spacial score (nSPS) is 11.6. The number of benzene rings is 1. The van der Waals surface area contributed by atoms with Gasteiger partial charge < -0.3 is 10.3 Å². The van der Waals surface area contributed by atoms with Crippen LogP contribution in [0.5, 0.6) is 0 Å². The van der Waals surface area contributed by atoms with Crippen molar-refractivity contribution in [3.8, 4) is 0 Å². The molecular formula is C12H13BrFN3O2S. The zero-order valence-electron chi connectivity index (χ0n) is 10.6. The standard InChI is InChI=1S/C12H13BrFN3O2S/c1-15-6-9-5-10(7-16-9)20(18,19)17-12-3-2-8(14)4-11(12)13/h2-5,7,15-17H,6H2,1H3. The van der Waals surface area contributed by atoms with E-state index >= 15 is 0 Å². The van der Waals surface area contributed by atoms with Gasteiger partial charge in [0.2, 0.25) is 0 Å². The number of nitrogens with one attached hydrogen (secondary N) is 3. The van der Waals surface area contributed by atoms with Crippen molar-refractivity contribution in [2.24, 2.45) is 0 Å². The van der Waals surface area contributed by atoms with Crippen LogP contribution in [0.3, 0.4) is 0 Å². The third-order valence-electron chi connectivity index (χ3n) is 2.57. The molecule has 0 atom stereocenters. The number of rotatable bonds is 5. The van der Waals surface area contributed by atoms with Gasteiger partial charge in [0.25, 0.3) is 10.0 Å². The topological polar surface area (TPSA) is 74.0 Å². The summed E-state index contributed by atoms with van der Waals surface area (Å²) in [5.41, 5.74) is 1.04. The number of aromatic amines is 1. The number of halogens is 2. The molecule has 5 nitrogen and oxygen atoms in total. The Bertz CT molecular complexity index is 715. The lowest BCUT2D eigenvalue weighted by molar-refractivity contribution is 0.601. The van der Waals surface area contributed by atoms with Crippen molar-refractivity contribution >= 4 is 31.6 Å². The van der Waals surface area contributed by atoms with Crippen molar-refractivity contribution in [2.75, 3.05) is 11.8 Å². The highest BCUT2D eigenvalue weighted by Gasteiger charge is 2.17. The molecule has 8 heteroatoms. The van der Waals surface area contributed by atoms with E-state index in [0.29, 0.717) is 11.0 Å². The van der Waals surface area contributed by atoms with Gasteiger partial charge in [-0.1, -0.05) is 0 Å². The first-order chi connectivity index (χ1) is 9.42. The van der Waals surface area contributed by atoms with Gasteiger partial charge >= 0.3 is 0 Å². The van der Waals surface area contributed by atoms with Crippen molar-refractivity contribution in [3.05, 3.63) is 46.4 Å². The highest BCUT2D eigenvalue weighted by Crippen LogP contribution is 2.26. The Morgan fingerprint density at radius 1 is 1.35 bits per heavy atom. The van der Waals surface area contributed by atoms with E-state index < -0.39 is 15.8 Å². The molecule has 0 spiro atoms. The van der Waals surface area contributed by atoms with Crippen LogP contribution in [0.4, 0.5) is 10.1 Å². The van der Waals surface area contributed by atoms with Gasteiger partial charge in [-0.3, -0.25) is 4.72 Å². The monoisotopic (exact) mass is 361 g/mol. The van der Waals surface area contributed by atoms with Crippen LogP contribution in [-0.2, 0) is 16.6 Å². The summed E-state index contributed by atoms with van der Waals surface area (Å²) in [6.07, 6.45) is 1.41. The van der Waals surface area contributed by atoms with Gasteiger partial charge in [0.05, 0.1) is 5.69 Å². The fraction of sp³-hybridized carbons (Fsp3) is 0.167. The average molecular weight is 362 g/mol. The summed E-state index contributed by atoms with van der Waals surface area (Å²) in [6, 6.07) is 5.28. The van der Waals surface area contributed by atoms with Gasteiger partial charge in [0, 0.05) is 22.9 Å². The summed E-state index contributed by atoms with van der Waals surface area (Å²) in [6.45, 7) is 0.537. The van der Waals surface area contributed by atoms with E-state index in [1.165, 1.54) is 30.5 Å². The van der Waals surface area contributed by atoms with Crippen LogP contribution < -0.4 is 10.0 Å². The molecule has 0 unspecified atom stereocenters. The molecule has 2 rings (SSSR count). The number of aromatic nitrogens is 1. The minimum Gasteiger partial charge on any atom is -0.363 e. The van der Waals surface area contributed by atoms with Crippen molar-refractivity contribution in [3.63, 3.8) is 0 Å². The predicted octanol–water partition coefficient (Wildman–Crippen LogP) is 2.44. The second-order valence-corrected chi connectivity index (χ2v) is 6.66. The molecule has 0 aliphatic heterocycles. The zero-order chi connectivity index (χ0) is 14.8. The van der Waals surface area contributed by atoms with Crippen molar-refractivity contribution in [1.29, 1.82) is 0 Å². The van der Waals surface area contributed by atoms with E-state index in [1.54, 1.807) is 7.05 Å². The maximum atomic E-state index is 13.0. The van der Waals surface area contributed by atoms with Crippen molar-refractivity contribution in [1.82, 2.24) is 10.3 Å². The Kier molecular flexibility index (Phi) is 4.46. The maximum absolute atomic E-state index is 13.0. The molecule has 0 amide bonds. The van der Waals surface area contributed by atoms with E-state index in [2.05, 4.69) is 31.0 Å². The molecule has 1 aromatic heterocycles. The molecular weight excluding hydrogens is 349 g/mol. The van der Waals surface area contributed by atoms with Crippen LogP contribution in [0.1, 0.15) is 5.69 Å². The third kappa shape index (κ3) is 3.38. The quantitative estimate of drug-likeness (QED) is 0.765. The smallest absolute Gasteiger partial charge is 0.263 e. The lowest BCUT2D eigenvalue weighted by Gasteiger charge is -2.08. The molecule has 3 N–H and O–H groups in total. The van der Waals surface area contributed by atoms with Crippen LogP contribution >= 0.6 is 15.9 Å². The number of H-pyrrole nitrogens is 1. The van der Waals surface area contributed by atoms with Crippen LogP contribution in [0.25, 0.3) is 0 Å². The van der Waals surface area contributed by atoms with E-state index in [1.807, 2.05) is 0 Å². The van der Waals surface area contributed by atoms with Gasteiger partial charge in [0.15, 0.2) is 0 Å². The SMILES string of the molecule is CNCc1cc(S(=O)(=O)Nc2ccc(F)cc2Br)c[nH]1. The molecule has 0 saturated heterocycles. The van der Waals surface area contributed by atoms with Gasteiger partial charge in [-0.25, -0.2) is 12.8 Å². The molecule has 2 aromatic rings. The largest absolute Gasteiger partial charge is 0.363 e. The van der Waals surface area contributed by atoms with Crippen molar-refractivity contribution in [2.45, 2.75) is 11.4 Å². The molecule has 20 heavy (non-hydrogen) atoms. The lowest BCUT2D eigenvalue weighted by atomic mass is 10.3. The Labute approximate surface area is 124 Å². The minimum absolute atomic E-state index is 0.124. The lowest BCUT2D eigenvalue weighted by Crippen LogP contribution is -2.12. The molecule has 1 aromatic carbocycles. The Morgan fingerprint density at radius 3 is 2.75 bits per heavy atom. The first kappa shape index (κ1) is 15.0. The molecule has 0 fully saturated rings. The van der Waals surface area contributed by atoms with E-state index in [-0.39, 0.29) is 10.6 Å². The summed E-state index contributed by atoms with van der Waals surface area (Å²) in [4.78, 5) is 2.99. The Hall–Kier alpha value is -1.38. The fourth-order valence-electron chi connectivity index (χ4n) is 1.64. The fourth-order valence-corrected chi connectivity index (χ4v) is 3.32. The Balaban J connectivity index is 2.26. The van der Waals surface area contributed by atoms with Crippen molar-refractivity contribution < 1.29 is 12.8 Å². The summed E-state index contributed by atoms with van der Waals surface area (Å²) < 4.78 is 40.1. The van der Waals surface area contributed by atoms with E-state index in [4.69, 9.17) is 0 Å². The summed E-state index contributed by atoms with van der Waals surface area (Å²) >= 11 is 3.12. The van der Waals surface area contributed by atoms with Gasteiger partial charge in [-0.05, 0) is 47.2 Å². The highest BCUT2D eigenvalue weighted by atomic mass is 79.9. The number of anilines is 1. The second kappa shape index (κ2) is 5.94. The number of sulfonamides is 1. The van der Waals surface area contributed by atoms with E-state index in [9.17, 15) is 12.8 Å². The number of hydrogen-bond donors (Lipinski definition) is 3. The summed E-state index contributed by atoms with van der Waals surface area (Å²) in [7, 11) is -1.94. The molecule has 0 bridgehead atoms. The van der Waals surface area contributed by atoms with Gasteiger partial charge in [0.1, 0.15) is 10.7 Å². The van der Waals surface area contributed by atoms with Crippen LogP contribution in [-0.4, -0.2) is 20.4 Å². The molecule has 0 aliphatic carbocycles. The Morgan fingerprint density at radius 2 is 2.10 bits per heavy atom. The zero-order valence-corrected chi connectivity index (χ0v) is 13.0. The average Bonchev–Trinajstić information content (AvgIpc) is 2.83. The van der Waals surface area contributed by atoms with Crippen LogP contribution in [0.15, 0.2) is 39.8 Å². The molecule has 108 valence electrons. The summed E-state index contributed by atoms with van der Waals surface area (Å²) in [5.74, 6) is -0.447. The first-order valence-electron chi connectivity index (χ1n) is 5.72. The van der Waals surface area contributed by atoms with Crippen LogP contribution in [0.2, 0.25) is 0 Å². The van der Waals surface area contributed by atoms with Gasteiger partial charge in [-0.15, -0.1) is 0 Å². The number of hydrogen-bond acceptors (Lipinski definition) is 3. The minimum atomic E-state index is -3.71. The highest BCUT2D eigenvalue weighted by molar-refractivity contribution is 9.10. The third-order valence-corrected chi connectivity index (χ3v) is 4.57. The maximum Gasteiger partial charge on any atom is 0.263 e. The van der Waals surface area contributed by atoms with Crippen LogP contribution in [0, 0.1) is 5.82 Å². The molecule has 1 heterocycles. The second-order valence-electron chi connectivity index (χ2n) is 4.12. The first-order valence-corrected chi connectivity index (χ1v) is 8.00. The molecule has 0 saturated carbocycles. The van der Waals surface area contributed by atoms with Gasteiger partial charge in [-0.2, -0.15) is 0 Å². The molecule has 0 radical (unpaired) electrons. The van der Waals surface area contributed by atoms with E-state index in [0.717, 1.165) is 5.69 Å².